The number of amides is 3. The van der Waals surface area contributed by atoms with Crippen LogP contribution in [-0.4, -0.2) is 34.2 Å². The molecule has 0 aliphatic carbocycles. The zero-order valence-electron chi connectivity index (χ0n) is 17.9. The Labute approximate surface area is 194 Å². The van der Waals surface area contributed by atoms with Gasteiger partial charge in [0.2, 0.25) is 5.91 Å². The van der Waals surface area contributed by atoms with Crippen molar-refractivity contribution in [1.29, 1.82) is 0 Å². The lowest BCUT2D eigenvalue weighted by molar-refractivity contribution is -0.117. The molecule has 6 nitrogen and oxygen atoms in total. The van der Waals surface area contributed by atoms with Gasteiger partial charge in [-0.3, -0.25) is 24.3 Å². The Morgan fingerprint density at radius 1 is 1.03 bits per heavy atom. The second-order valence-corrected chi connectivity index (χ2v) is 9.01. The molecule has 0 spiro atoms. The summed E-state index contributed by atoms with van der Waals surface area (Å²) >= 11 is 1.44. The van der Waals surface area contributed by atoms with Gasteiger partial charge in [-0.05, 0) is 47.2 Å². The first kappa shape index (κ1) is 21.0. The Morgan fingerprint density at radius 3 is 2.36 bits per heavy atom. The molecule has 0 bridgehead atoms. The van der Waals surface area contributed by atoms with E-state index in [0.29, 0.717) is 16.1 Å². The highest BCUT2D eigenvalue weighted by Gasteiger charge is 2.38. The number of imide groups is 1. The van der Waals surface area contributed by atoms with Crippen LogP contribution >= 0.6 is 11.3 Å². The van der Waals surface area contributed by atoms with Gasteiger partial charge in [-0.1, -0.05) is 43.3 Å². The Hall–Kier alpha value is -3.84. The number of carbonyl (C=O) groups is 3. The smallest absolute Gasteiger partial charge is 0.261 e. The molecule has 0 radical (unpaired) electrons. The molecule has 1 atom stereocenters. The molecule has 2 aromatic carbocycles. The summed E-state index contributed by atoms with van der Waals surface area (Å²) in [6, 6.07) is 18.3. The molecule has 1 unspecified atom stereocenters. The van der Waals surface area contributed by atoms with Crippen molar-refractivity contribution in [2.45, 2.75) is 19.3 Å². The molecule has 164 valence electrons. The summed E-state index contributed by atoms with van der Waals surface area (Å²) in [6.07, 6.45) is 4.35. The quantitative estimate of drug-likeness (QED) is 0.421. The maximum atomic E-state index is 13.4. The molecule has 7 heteroatoms. The minimum atomic E-state index is -0.707. The van der Waals surface area contributed by atoms with Gasteiger partial charge in [-0.15, -0.1) is 11.3 Å². The average Bonchev–Trinajstić information content (AvgIpc) is 3.36. The van der Waals surface area contributed by atoms with Crippen LogP contribution in [0.4, 0.5) is 5.00 Å². The molecule has 0 saturated heterocycles. The highest BCUT2D eigenvalue weighted by molar-refractivity contribution is 7.22. The number of anilines is 1. The second-order valence-electron chi connectivity index (χ2n) is 7.93. The Bertz CT molecular complexity index is 1310. The van der Waals surface area contributed by atoms with Crippen LogP contribution in [-0.2, 0) is 11.2 Å². The summed E-state index contributed by atoms with van der Waals surface area (Å²) < 4.78 is 0.969. The third-order valence-electron chi connectivity index (χ3n) is 5.92. The first-order chi connectivity index (χ1) is 16.0. The topological polar surface area (TPSA) is 79.4 Å². The lowest BCUT2D eigenvalue weighted by Crippen LogP contribution is -2.38. The molecule has 1 N–H and O–H groups in total. The van der Waals surface area contributed by atoms with E-state index in [9.17, 15) is 14.4 Å². The van der Waals surface area contributed by atoms with Crippen LogP contribution in [0.1, 0.15) is 44.7 Å². The normalized spacial score (nSPS) is 13.9. The summed E-state index contributed by atoms with van der Waals surface area (Å²) in [5, 5.41) is 4.68. The SMILES string of the molecule is CCc1ccc(C(CN2C(=O)c3ccccc3C2=O)C(=O)Nc2cc3ccncc3s2)cc1. The van der Waals surface area contributed by atoms with E-state index in [0.717, 1.165) is 27.6 Å². The molecule has 1 aliphatic heterocycles. The van der Waals surface area contributed by atoms with E-state index in [4.69, 9.17) is 0 Å². The molecule has 4 aromatic rings. The van der Waals surface area contributed by atoms with Crippen LogP contribution in [0.3, 0.4) is 0 Å². The molecule has 0 saturated carbocycles. The number of nitrogens with zero attached hydrogens (tertiary/aromatic N) is 2. The highest BCUT2D eigenvalue weighted by Crippen LogP contribution is 2.31. The van der Waals surface area contributed by atoms with Gasteiger partial charge in [0.15, 0.2) is 0 Å². The van der Waals surface area contributed by atoms with E-state index in [-0.39, 0.29) is 24.3 Å². The molecule has 2 aromatic heterocycles. The number of fused-ring (bicyclic) bond motifs is 2. The number of pyridine rings is 1. The zero-order valence-corrected chi connectivity index (χ0v) is 18.8. The molecule has 0 fully saturated rings. The van der Waals surface area contributed by atoms with Crippen LogP contribution in [0.25, 0.3) is 10.1 Å². The van der Waals surface area contributed by atoms with E-state index in [1.165, 1.54) is 16.2 Å². The number of hydrogen-bond acceptors (Lipinski definition) is 5. The minimum absolute atomic E-state index is 0.0316. The molecular formula is C26H21N3O3S. The fourth-order valence-electron chi connectivity index (χ4n) is 4.07. The van der Waals surface area contributed by atoms with E-state index in [2.05, 4.69) is 17.2 Å². The summed E-state index contributed by atoms with van der Waals surface area (Å²) in [5.41, 5.74) is 2.65. The van der Waals surface area contributed by atoms with Crippen molar-refractivity contribution >= 4 is 44.1 Å². The number of thiophene rings is 1. The van der Waals surface area contributed by atoms with Crippen molar-refractivity contribution in [2.24, 2.45) is 0 Å². The van der Waals surface area contributed by atoms with Crippen LogP contribution in [0.5, 0.6) is 0 Å². The molecule has 5 rings (SSSR count). The number of benzene rings is 2. The van der Waals surface area contributed by atoms with Crippen molar-refractivity contribution < 1.29 is 14.4 Å². The predicted molar refractivity (Wildman–Crippen MR) is 129 cm³/mol. The molecule has 1 aliphatic rings. The largest absolute Gasteiger partial charge is 0.317 e. The summed E-state index contributed by atoms with van der Waals surface area (Å²) in [5.74, 6) is -1.71. The standard InChI is InChI=1S/C26H21N3O3S/c1-2-16-7-9-17(10-8-16)21(15-29-25(31)19-5-3-4-6-20(19)26(29)32)24(30)28-23-13-18-11-12-27-14-22(18)33-23/h3-14,21H,2,15H2,1H3,(H,28,30). The highest BCUT2D eigenvalue weighted by atomic mass is 32.1. The summed E-state index contributed by atoms with van der Waals surface area (Å²) in [6.45, 7) is 2.03. The molecule has 33 heavy (non-hydrogen) atoms. The number of nitrogens with one attached hydrogen (secondary N) is 1. The summed E-state index contributed by atoms with van der Waals surface area (Å²) in [7, 11) is 0. The van der Waals surface area contributed by atoms with Crippen molar-refractivity contribution in [3.63, 3.8) is 0 Å². The van der Waals surface area contributed by atoms with E-state index in [1.54, 1.807) is 36.7 Å². The second kappa shape index (κ2) is 8.60. The first-order valence-corrected chi connectivity index (χ1v) is 11.5. The Morgan fingerprint density at radius 2 is 1.73 bits per heavy atom. The maximum Gasteiger partial charge on any atom is 0.261 e. The fraction of sp³-hybridized carbons (Fsp3) is 0.154. The van der Waals surface area contributed by atoms with Crippen LogP contribution in [0, 0.1) is 0 Å². The van der Waals surface area contributed by atoms with E-state index < -0.39 is 5.92 Å². The minimum Gasteiger partial charge on any atom is -0.317 e. The Balaban J connectivity index is 1.46. The van der Waals surface area contributed by atoms with Crippen molar-refractivity contribution in [3.05, 3.63) is 95.3 Å². The van der Waals surface area contributed by atoms with Crippen molar-refractivity contribution in [1.82, 2.24) is 9.88 Å². The first-order valence-electron chi connectivity index (χ1n) is 10.7. The number of carbonyl (C=O) groups excluding carboxylic acids is 3. The number of aromatic nitrogens is 1. The van der Waals surface area contributed by atoms with E-state index >= 15 is 0 Å². The lowest BCUT2D eigenvalue weighted by atomic mass is 9.96. The fourth-order valence-corrected chi connectivity index (χ4v) is 5.00. The lowest BCUT2D eigenvalue weighted by Gasteiger charge is -2.22. The molecular weight excluding hydrogens is 434 g/mol. The van der Waals surface area contributed by atoms with Crippen LogP contribution in [0.2, 0.25) is 0 Å². The number of rotatable bonds is 6. The number of hydrogen-bond donors (Lipinski definition) is 1. The predicted octanol–water partition coefficient (Wildman–Crippen LogP) is 4.88. The van der Waals surface area contributed by atoms with Crippen molar-refractivity contribution in [3.8, 4) is 0 Å². The Kier molecular flexibility index (Phi) is 5.48. The van der Waals surface area contributed by atoms with Gasteiger partial charge in [-0.2, -0.15) is 0 Å². The zero-order chi connectivity index (χ0) is 22.9. The van der Waals surface area contributed by atoms with Gasteiger partial charge in [0.05, 0.1) is 26.7 Å². The average molecular weight is 456 g/mol. The molecule has 3 heterocycles. The monoisotopic (exact) mass is 455 g/mol. The summed E-state index contributed by atoms with van der Waals surface area (Å²) in [4.78, 5) is 44.6. The van der Waals surface area contributed by atoms with Gasteiger partial charge in [-0.25, -0.2) is 0 Å². The van der Waals surface area contributed by atoms with Gasteiger partial charge < -0.3 is 5.32 Å². The van der Waals surface area contributed by atoms with Crippen molar-refractivity contribution in [2.75, 3.05) is 11.9 Å². The van der Waals surface area contributed by atoms with Crippen LogP contribution in [0.15, 0.2) is 73.1 Å². The van der Waals surface area contributed by atoms with E-state index in [1.807, 2.05) is 36.4 Å². The third kappa shape index (κ3) is 3.91. The van der Waals surface area contributed by atoms with Gasteiger partial charge >= 0.3 is 0 Å². The van der Waals surface area contributed by atoms with Gasteiger partial charge in [0.25, 0.3) is 11.8 Å². The van der Waals surface area contributed by atoms with Gasteiger partial charge in [0, 0.05) is 18.9 Å². The van der Waals surface area contributed by atoms with Gasteiger partial charge in [0.1, 0.15) is 0 Å². The molecule has 3 amide bonds. The third-order valence-corrected chi connectivity index (χ3v) is 6.92. The van der Waals surface area contributed by atoms with Crippen LogP contribution < -0.4 is 5.32 Å². The number of aryl methyl sites for hydroxylation is 1. The maximum absolute atomic E-state index is 13.4.